The lowest BCUT2D eigenvalue weighted by atomic mass is 9.99. The van der Waals surface area contributed by atoms with Gasteiger partial charge >= 0.3 is 0 Å². The summed E-state index contributed by atoms with van der Waals surface area (Å²) in [5.74, 6) is 0.0491. The molecular formula is C18H23N3O. The van der Waals surface area contributed by atoms with Crippen molar-refractivity contribution in [3.05, 3.63) is 41.7 Å². The fourth-order valence-corrected chi connectivity index (χ4v) is 3.37. The zero-order valence-electron chi connectivity index (χ0n) is 13.5. The van der Waals surface area contributed by atoms with E-state index in [4.69, 9.17) is 0 Å². The van der Waals surface area contributed by atoms with Gasteiger partial charge in [-0.3, -0.25) is 14.4 Å². The molecule has 1 aliphatic heterocycles. The van der Waals surface area contributed by atoms with Crippen LogP contribution in [0.4, 0.5) is 0 Å². The first-order chi connectivity index (χ1) is 10.6. The lowest BCUT2D eigenvalue weighted by molar-refractivity contribution is 0.100. The largest absolute Gasteiger partial charge is 0.297 e. The van der Waals surface area contributed by atoms with E-state index in [9.17, 15) is 4.79 Å². The predicted octanol–water partition coefficient (Wildman–Crippen LogP) is 3.45. The minimum atomic E-state index is 0.0491. The van der Waals surface area contributed by atoms with Crippen LogP contribution in [-0.2, 0) is 7.05 Å². The van der Waals surface area contributed by atoms with E-state index in [1.807, 2.05) is 7.05 Å². The summed E-state index contributed by atoms with van der Waals surface area (Å²) in [5.41, 5.74) is 3.97. The summed E-state index contributed by atoms with van der Waals surface area (Å²) in [5, 5.41) is 4.25. The van der Waals surface area contributed by atoms with Gasteiger partial charge in [0, 0.05) is 25.6 Å². The van der Waals surface area contributed by atoms with Crippen LogP contribution in [0, 0.1) is 0 Å². The molecule has 2 aromatic rings. The molecule has 116 valence electrons. The average Bonchev–Trinajstić information content (AvgIpc) is 3.15. The number of aryl methyl sites for hydroxylation is 1. The quantitative estimate of drug-likeness (QED) is 0.811. The Morgan fingerprint density at radius 2 is 2.00 bits per heavy atom. The number of hydrogen-bond donors (Lipinski definition) is 0. The van der Waals surface area contributed by atoms with Crippen LogP contribution in [-0.4, -0.2) is 33.6 Å². The minimum Gasteiger partial charge on any atom is -0.297 e. The number of aromatic nitrogens is 2. The molecule has 0 unspecified atom stereocenters. The number of nitrogens with zero attached hydrogens (tertiary/aromatic N) is 3. The highest BCUT2D eigenvalue weighted by atomic mass is 16.1. The van der Waals surface area contributed by atoms with Crippen LogP contribution in [0.15, 0.2) is 30.5 Å². The first-order valence-electron chi connectivity index (χ1n) is 7.95. The van der Waals surface area contributed by atoms with E-state index in [0.717, 1.165) is 11.1 Å². The van der Waals surface area contributed by atoms with Gasteiger partial charge in [0.05, 0.1) is 6.20 Å². The Balaban J connectivity index is 1.96. The molecule has 3 rings (SSSR count). The molecule has 4 nitrogen and oxygen atoms in total. The van der Waals surface area contributed by atoms with Crippen LogP contribution in [0.5, 0.6) is 0 Å². The van der Waals surface area contributed by atoms with Crippen LogP contribution >= 0.6 is 0 Å². The molecule has 1 atom stereocenters. The van der Waals surface area contributed by atoms with Crippen LogP contribution in [0.1, 0.15) is 48.8 Å². The molecule has 4 heteroatoms. The predicted molar refractivity (Wildman–Crippen MR) is 87.9 cm³/mol. The number of benzene rings is 1. The normalized spacial score (nSPS) is 16.9. The Morgan fingerprint density at radius 3 is 2.68 bits per heavy atom. The van der Waals surface area contributed by atoms with Crippen molar-refractivity contribution in [2.24, 2.45) is 7.05 Å². The first kappa shape index (κ1) is 15.0. The third-order valence-corrected chi connectivity index (χ3v) is 4.64. The van der Waals surface area contributed by atoms with E-state index in [-0.39, 0.29) is 5.78 Å². The molecule has 0 bridgehead atoms. The van der Waals surface area contributed by atoms with E-state index in [1.54, 1.807) is 17.8 Å². The van der Waals surface area contributed by atoms with Crippen LogP contribution in [0.25, 0.3) is 11.1 Å². The molecule has 0 radical (unpaired) electrons. The number of carbonyl (C=O) groups excluding carboxylic acids is 1. The first-order valence-corrected chi connectivity index (χ1v) is 7.95. The maximum absolute atomic E-state index is 11.9. The van der Waals surface area contributed by atoms with Crippen LogP contribution < -0.4 is 0 Å². The van der Waals surface area contributed by atoms with Crippen molar-refractivity contribution in [3.8, 4) is 11.1 Å². The van der Waals surface area contributed by atoms with Gasteiger partial charge in [-0.05, 0) is 50.0 Å². The number of hydrogen-bond acceptors (Lipinski definition) is 3. The SMILES string of the molecule is CC(=O)c1c(-c2cccc([C@H](C)N3CCCC3)c2)cnn1C. The van der Waals surface area contributed by atoms with Gasteiger partial charge in [0.1, 0.15) is 5.69 Å². The highest BCUT2D eigenvalue weighted by Gasteiger charge is 2.20. The number of likely N-dealkylation sites (tertiary alicyclic amines) is 1. The summed E-state index contributed by atoms with van der Waals surface area (Å²) in [7, 11) is 1.82. The van der Waals surface area contributed by atoms with E-state index < -0.39 is 0 Å². The van der Waals surface area contributed by atoms with E-state index in [1.165, 1.54) is 31.5 Å². The number of carbonyl (C=O) groups is 1. The van der Waals surface area contributed by atoms with Crippen molar-refractivity contribution >= 4 is 5.78 Å². The Morgan fingerprint density at radius 1 is 1.27 bits per heavy atom. The van der Waals surface area contributed by atoms with Crippen molar-refractivity contribution in [2.75, 3.05) is 13.1 Å². The highest BCUT2D eigenvalue weighted by Crippen LogP contribution is 2.29. The van der Waals surface area contributed by atoms with Crippen molar-refractivity contribution < 1.29 is 4.79 Å². The number of ketones is 1. The summed E-state index contributed by atoms with van der Waals surface area (Å²) in [4.78, 5) is 14.4. The molecule has 0 aliphatic carbocycles. The van der Waals surface area contributed by atoms with Gasteiger partial charge in [-0.25, -0.2) is 0 Å². The van der Waals surface area contributed by atoms with Gasteiger partial charge in [0.15, 0.2) is 5.78 Å². The Bertz CT molecular complexity index is 683. The fraction of sp³-hybridized carbons (Fsp3) is 0.444. The minimum absolute atomic E-state index is 0.0491. The molecule has 1 fully saturated rings. The fourth-order valence-electron chi connectivity index (χ4n) is 3.37. The van der Waals surface area contributed by atoms with Crippen molar-refractivity contribution in [3.63, 3.8) is 0 Å². The second-order valence-corrected chi connectivity index (χ2v) is 6.13. The van der Waals surface area contributed by atoms with E-state index in [0.29, 0.717) is 11.7 Å². The molecule has 1 aromatic carbocycles. The number of rotatable bonds is 4. The maximum Gasteiger partial charge on any atom is 0.178 e. The van der Waals surface area contributed by atoms with Crippen LogP contribution in [0.2, 0.25) is 0 Å². The summed E-state index contributed by atoms with van der Waals surface area (Å²) in [6.07, 6.45) is 4.37. The second kappa shape index (κ2) is 6.05. The third-order valence-electron chi connectivity index (χ3n) is 4.64. The highest BCUT2D eigenvalue weighted by molar-refractivity contribution is 5.99. The molecule has 1 aromatic heterocycles. The summed E-state index contributed by atoms with van der Waals surface area (Å²) in [6, 6.07) is 8.93. The number of Topliss-reactive ketones (excluding diaryl/α,β-unsaturated/α-hetero) is 1. The van der Waals surface area contributed by atoms with Gasteiger partial charge in [-0.1, -0.05) is 18.2 Å². The third kappa shape index (κ3) is 2.71. The standard InChI is InChI=1S/C18H23N3O/c1-13(21-9-4-5-10-21)15-7-6-8-16(11-15)17-12-19-20(3)18(17)14(2)22/h6-8,11-13H,4-5,9-10H2,1-3H3/t13-/m0/s1. The van der Waals surface area contributed by atoms with Gasteiger partial charge < -0.3 is 0 Å². The molecule has 1 saturated heterocycles. The monoisotopic (exact) mass is 297 g/mol. The summed E-state index contributed by atoms with van der Waals surface area (Å²) in [6.45, 7) is 6.21. The summed E-state index contributed by atoms with van der Waals surface area (Å²) < 4.78 is 1.66. The molecule has 0 amide bonds. The molecule has 0 saturated carbocycles. The Kier molecular flexibility index (Phi) is 4.12. The van der Waals surface area contributed by atoms with Gasteiger partial charge in [0.25, 0.3) is 0 Å². The molecule has 0 spiro atoms. The molecular weight excluding hydrogens is 274 g/mol. The van der Waals surface area contributed by atoms with Crippen molar-refractivity contribution in [1.82, 2.24) is 14.7 Å². The van der Waals surface area contributed by atoms with E-state index >= 15 is 0 Å². The Labute approximate surface area is 131 Å². The average molecular weight is 297 g/mol. The smallest absolute Gasteiger partial charge is 0.178 e. The topological polar surface area (TPSA) is 38.1 Å². The van der Waals surface area contributed by atoms with E-state index in [2.05, 4.69) is 41.2 Å². The molecule has 1 aliphatic rings. The van der Waals surface area contributed by atoms with Gasteiger partial charge in [-0.15, -0.1) is 0 Å². The Hall–Kier alpha value is -1.94. The van der Waals surface area contributed by atoms with Crippen molar-refractivity contribution in [1.29, 1.82) is 0 Å². The van der Waals surface area contributed by atoms with Crippen molar-refractivity contribution in [2.45, 2.75) is 32.7 Å². The molecule has 2 heterocycles. The lowest BCUT2D eigenvalue weighted by Gasteiger charge is -2.24. The second-order valence-electron chi connectivity index (χ2n) is 6.13. The summed E-state index contributed by atoms with van der Waals surface area (Å²) >= 11 is 0. The van der Waals surface area contributed by atoms with Crippen LogP contribution in [0.3, 0.4) is 0 Å². The van der Waals surface area contributed by atoms with Gasteiger partial charge in [0.2, 0.25) is 0 Å². The zero-order valence-corrected chi connectivity index (χ0v) is 13.5. The van der Waals surface area contributed by atoms with Gasteiger partial charge in [-0.2, -0.15) is 5.10 Å². The molecule has 22 heavy (non-hydrogen) atoms. The zero-order chi connectivity index (χ0) is 15.7. The lowest BCUT2D eigenvalue weighted by Crippen LogP contribution is -2.23. The molecule has 0 N–H and O–H groups in total. The maximum atomic E-state index is 11.9.